The highest BCUT2D eigenvalue weighted by atomic mass is 16.7. The number of rotatable bonds is 9. The molecule has 1 atom stereocenters. The molecule has 3 N–H and O–H groups in total. The van der Waals surface area contributed by atoms with Crippen molar-refractivity contribution in [3.8, 4) is 23.0 Å². The topological polar surface area (TPSA) is 80.2 Å². The molecule has 0 fully saturated rings. The van der Waals surface area contributed by atoms with E-state index in [9.17, 15) is 10.2 Å². The Morgan fingerprint density at radius 2 is 1.58 bits per heavy atom. The average Bonchev–Trinajstić information content (AvgIpc) is 3.31. The van der Waals surface area contributed by atoms with Gasteiger partial charge in [0.2, 0.25) is 6.79 Å². The minimum atomic E-state index is -0.570. The van der Waals surface area contributed by atoms with E-state index in [4.69, 9.17) is 14.2 Å². The molecule has 6 nitrogen and oxygen atoms in total. The second-order valence-corrected chi connectivity index (χ2v) is 7.87. The molecule has 1 heterocycles. The number of hydrogen-bond donors (Lipinski definition) is 3. The van der Waals surface area contributed by atoms with E-state index in [1.807, 2.05) is 54.6 Å². The molecule has 3 aromatic carbocycles. The van der Waals surface area contributed by atoms with Gasteiger partial charge in [-0.2, -0.15) is 0 Å². The van der Waals surface area contributed by atoms with Crippen molar-refractivity contribution in [1.29, 1.82) is 0 Å². The number of allylic oxidation sites excluding steroid dienone is 1. The fourth-order valence-electron chi connectivity index (χ4n) is 3.96. The molecule has 1 aliphatic heterocycles. The average molecular weight is 448 g/mol. The van der Waals surface area contributed by atoms with Gasteiger partial charge in [-0.15, -0.1) is 0 Å². The Hall–Kier alpha value is -3.48. The highest BCUT2D eigenvalue weighted by Gasteiger charge is 2.18. The SMILES string of the molecule is CC/C(=C(\c1ccc(O)cc1)c1ccc(OCC(O)CNC)cc1)c1ccc2c(c1)OCO2. The summed E-state index contributed by atoms with van der Waals surface area (Å²) in [7, 11) is 1.79. The molecule has 172 valence electrons. The van der Waals surface area contributed by atoms with Crippen LogP contribution < -0.4 is 19.5 Å². The van der Waals surface area contributed by atoms with Gasteiger partial charge in [0, 0.05) is 6.54 Å². The van der Waals surface area contributed by atoms with Crippen LogP contribution in [0, 0.1) is 0 Å². The largest absolute Gasteiger partial charge is 0.508 e. The van der Waals surface area contributed by atoms with Crippen molar-refractivity contribution < 1.29 is 24.4 Å². The van der Waals surface area contributed by atoms with E-state index in [1.165, 1.54) is 0 Å². The standard InChI is InChI=1S/C27H29NO5/c1-3-24(20-8-13-25-26(14-20)33-17-32-25)27(18-4-9-21(29)10-5-18)19-6-11-23(12-7-19)31-16-22(30)15-28-2/h4-14,22,28-30H,3,15-17H2,1-2H3/b27-24-. The normalized spacial score (nSPS) is 14.0. The third-order valence-electron chi connectivity index (χ3n) is 5.56. The van der Waals surface area contributed by atoms with Gasteiger partial charge in [0.1, 0.15) is 24.2 Å². The van der Waals surface area contributed by atoms with E-state index in [-0.39, 0.29) is 19.1 Å². The third-order valence-corrected chi connectivity index (χ3v) is 5.56. The molecule has 6 heteroatoms. The highest BCUT2D eigenvalue weighted by molar-refractivity contribution is 5.99. The van der Waals surface area contributed by atoms with Crippen LogP contribution in [0.5, 0.6) is 23.0 Å². The Bertz CT molecular complexity index is 1110. The minimum absolute atomic E-state index is 0.220. The van der Waals surface area contributed by atoms with Crippen LogP contribution >= 0.6 is 0 Å². The predicted octanol–water partition coefficient (Wildman–Crippen LogP) is 4.45. The van der Waals surface area contributed by atoms with Crippen molar-refractivity contribution >= 4 is 11.1 Å². The Labute approximate surface area is 194 Å². The van der Waals surface area contributed by atoms with Gasteiger partial charge in [0.15, 0.2) is 11.5 Å². The van der Waals surface area contributed by atoms with Gasteiger partial charge < -0.3 is 29.7 Å². The second kappa shape index (κ2) is 10.4. The lowest BCUT2D eigenvalue weighted by Gasteiger charge is -2.17. The minimum Gasteiger partial charge on any atom is -0.508 e. The fourth-order valence-corrected chi connectivity index (χ4v) is 3.96. The monoisotopic (exact) mass is 447 g/mol. The van der Waals surface area contributed by atoms with Crippen LogP contribution in [-0.2, 0) is 0 Å². The zero-order chi connectivity index (χ0) is 23.2. The summed E-state index contributed by atoms with van der Waals surface area (Å²) >= 11 is 0. The van der Waals surface area contributed by atoms with Crippen LogP contribution in [0.25, 0.3) is 11.1 Å². The summed E-state index contributed by atoms with van der Waals surface area (Å²) in [4.78, 5) is 0. The molecule has 0 aliphatic carbocycles. The van der Waals surface area contributed by atoms with Crippen LogP contribution in [0.15, 0.2) is 66.7 Å². The first-order valence-electron chi connectivity index (χ1n) is 11.1. The summed E-state index contributed by atoms with van der Waals surface area (Å²) in [5.41, 5.74) is 5.30. The first-order chi connectivity index (χ1) is 16.1. The first-order valence-corrected chi connectivity index (χ1v) is 11.1. The molecule has 0 bridgehead atoms. The summed E-state index contributed by atoms with van der Waals surface area (Å²) in [5, 5.41) is 22.6. The number of phenolic OH excluding ortho intramolecular Hbond substituents is 1. The molecule has 0 aromatic heterocycles. The number of likely N-dealkylation sites (N-methyl/N-ethyl adjacent to an activating group) is 1. The summed E-state index contributed by atoms with van der Waals surface area (Å²) in [6.07, 6.45) is 0.226. The summed E-state index contributed by atoms with van der Waals surface area (Å²) < 4.78 is 16.8. The summed E-state index contributed by atoms with van der Waals surface area (Å²) in [5.74, 6) is 2.41. The van der Waals surface area contributed by atoms with E-state index in [0.717, 1.165) is 45.8 Å². The van der Waals surface area contributed by atoms with Crippen LogP contribution in [0.4, 0.5) is 0 Å². The first kappa shape index (κ1) is 22.7. The van der Waals surface area contributed by atoms with Crippen LogP contribution in [0.2, 0.25) is 0 Å². The van der Waals surface area contributed by atoms with E-state index in [2.05, 4.69) is 12.2 Å². The molecular formula is C27H29NO5. The second-order valence-electron chi connectivity index (χ2n) is 7.87. The van der Waals surface area contributed by atoms with Gasteiger partial charge >= 0.3 is 0 Å². The Kier molecular flexibility index (Phi) is 7.17. The molecule has 1 aliphatic rings. The molecule has 33 heavy (non-hydrogen) atoms. The van der Waals surface area contributed by atoms with Crippen molar-refractivity contribution in [2.75, 3.05) is 27.0 Å². The van der Waals surface area contributed by atoms with Gasteiger partial charge in [-0.1, -0.05) is 37.3 Å². The lowest BCUT2D eigenvalue weighted by Crippen LogP contribution is -2.29. The van der Waals surface area contributed by atoms with Crippen LogP contribution in [0.1, 0.15) is 30.0 Å². The van der Waals surface area contributed by atoms with Gasteiger partial charge in [0.25, 0.3) is 0 Å². The molecule has 4 rings (SSSR count). The maximum Gasteiger partial charge on any atom is 0.231 e. The maximum absolute atomic E-state index is 9.89. The fraction of sp³-hybridized carbons (Fsp3) is 0.259. The Morgan fingerprint density at radius 1 is 0.939 bits per heavy atom. The number of aliphatic hydroxyl groups is 1. The third kappa shape index (κ3) is 5.30. The van der Waals surface area contributed by atoms with Crippen molar-refractivity contribution in [1.82, 2.24) is 5.32 Å². The Morgan fingerprint density at radius 3 is 2.24 bits per heavy atom. The summed E-state index contributed by atoms with van der Waals surface area (Å²) in [6, 6.07) is 21.1. The van der Waals surface area contributed by atoms with Crippen LogP contribution in [0.3, 0.4) is 0 Å². The van der Waals surface area contributed by atoms with E-state index in [0.29, 0.717) is 12.3 Å². The van der Waals surface area contributed by atoms with Gasteiger partial charge in [0.05, 0.1) is 0 Å². The zero-order valence-corrected chi connectivity index (χ0v) is 18.9. The number of benzene rings is 3. The number of phenols is 1. The molecular weight excluding hydrogens is 418 g/mol. The zero-order valence-electron chi connectivity index (χ0n) is 18.9. The van der Waals surface area contributed by atoms with Gasteiger partial charge in [-0.3, -0.25) is 0 Å². The van der Waals surface area contributed by atoms with E-state index < -0.39 is 6.10 Å². The van der Waals surface area contributed by atoms with E-state index >= 15 is 0 Å². The molecule has 1 unspecified atom stereocenters. The molecule has 0 radical (unpaired) electrons. The van der Waals surface area contributed by atoms with Crippen molar-refractivity contribution in [3.63, 3.8) is 0 Å². The molecule has 0 spiro atoms. The van der Waals surface area contributed by atoms with Crippen molar-refractivity contribution in [2.24, 2.45) is 0 Å². The van der Waals surface area contributed by atoms with Gasteiger partial charge in [-0.25, -0.2) is 0 Å². The smallest absolute Gasteiger partial charge is 0.231 e. The molecule has 3 aromatic rings. The number of hydrogen-bond acceptors (Lipinski definition) is 6. The van der Waals surface area contributed by atoms with Crippen molar-refractivity contribution in [2.45, 2.75) is 19.4 Å². The predicted molar refractivity (Wildman–Crippen MR) is 129 cm³/mol. The quantitative estimate of drug-likeness (QED) is 0.421. The number of fused-ring (bicyclic) bond motifs is 1. The lowest BCUT2D eigenvalue weighted by atomic mass is 9.88. The lowest BCUT2D eigenvalue weighted by molar-refractivity contribution is 0.108. The van der Waals surface area contributed by atoms with Crippen LogP contribution in [-0.4, -0.2) is 43.3 Å². The molecule has 0 saturated heterocycles. The number of aromatic hydroxyl groups is 1. The number of ether oxygens (including phenoxy) is 3. The Balaban J connectivity index is 1.73. The highest BCUT2D eigenvalue weighted by Crippen LogP contribution is 2.40. The molecule has 0 amide bonds. The number of nitrogens with one attached hydrogen (secondary N) is 1. The summed E-state index contributed by atoms with van der Waals surface area (Å²) in [6.45, 7) is 3.06. The van der Waals surface area contributed by atoms with Crippen molar-refractivity contribution in [3.05, 3.63) is 83.4 Å². The van der Waals surface area contributed by atoms with Gasteiger partial charge in [-0.05, 0) is 77.7 Å². The molecule has 0 saturated carbocycles. The van der Waals surface area contributed by atoms with E-state index in [1.54, 1.807) is 19.2 Å². The number of aliphatic hydroxyl groups excluding tert-OH is 1. The maximum atomic E-state index is 9.89.